The van der Waals surface area contributed by atoms with Crippen LogP contribution in [0.25, 0.3) is 22.0 Å². The van der Waals surface area contributed by atoms with Gasteiger partial charge in [0.05, 0.1) is 41.0 Å². The molecule has 0 aliphatic carbocycles. The molecule has 2 unspecified atom stereocenters. The normalized spacial score (nSPS) is 24.3. The molecular formula is C37H57Cl2N7O3Si. The Morgan fingerprint density at radius 3 is 2.46 bits per heavy atom. The van der Waals surface area contributed by atoms with Gasteiger partial charge in [0.15, 0.2) is 12.0 Å². The number of halogens is 2. The first kappa shape index (κ1) is 36.6. The van der Waals surface area contributed by atoms with Crippen molar-refractivity contribution in [1.82, 2.24) is 29.4 Å². The first-order chi connectivity index (χ1) is 23.9. The summed E-state index contributed by atoms with van der Waals surface area (Å²) in [5.41, 5.74) is 3.76. The zero-order valence-electron chi connectivity index (χ0n) is 31.0. The summed E-state index contributed by atoms with van der Waals surface area (Å²) >= 11 is 14.2. The predicted molar refractivity (Wildman–Crippen MR) is 205 cm³/mol. The highest BCUT2D eigenvalue weighted by atomic mass is 35.5. The van der Waals surface area contributed by atoms with Crippen LogP contribution in [0.2, 0.25) is 35.7 Å². The van der Waals surface area contributed by atoms with Crippen molar-refractivity contribution < 1.29 is 14.2 Å². The summed E-state index contributed by atoms with van der Waals surface area (Å²) in [6, 6.07) is 3.69. The molecule has 13 heteroatoms. The number of benzene rings is 1. The van der Waals surface area contributed by atoms with Crippen molar-refractivity contribution in [3.63, 3.8) is 0 Å². The molecule has 50 heavy (non-hydrogen) atoms. The maximum absolute atomic E-state index is 7.22. The maximum Gasteiger partial charge on any atom is 0.159 e. The van der Waals surface area contributed by atoms with Crippen molar-refractivity contribution >= 4 is 48.0 Å². The molecule has 1 aromatic carbocycles. The number of ether oxygens (including phenoxy) is 3. The first-order valence-corrected chi connectivity index (χ1v) is 23.3. The van der Waals surface area contributed by atoms with Crippen molar-refractivity contribution in [1.29, 1.82) is 0 Å². The number of hydrogen-bond acceptors (Lipinski definition) is 8. The van der Waals surface area contributed by atoms with E-state index in [4.69, 9.17) is 47.6 Å². The van der Waals surface area contributed by atoms with Crippen LogP contribution in [0.15, 0.2) is 12.3 Å². The Morgan fingerprint density at radius 1 is 1.02 bits per heavy atom. The average molecular weight is 747 g/mol. The average Bonchev–Trinajstić information content (AvgIpc) is 3.60. The molecule has 10 nitrogen and oxygen atoms in total. The van der Waals surface area contributed by atoms with Gasteiger partial charge in [0.1, 0.15) is 6.73 Å². The number of nitrogens with zero attached hydrogens (tertiary/aromatic N) is 7. The molecule has 2 atom stereocenters. The number of piperidine rings is 1. The molecule has 0 N–H and O–H groups in total. The Morgan fingerprint density at radius 2 is 1.80 bits per heavy atom. The van der Waals surface area contributed by atoms with Gasteiger partial charge in [-0.2, -0.15) is 10.2 Å². The van der Waals surface area contributed by atoms with Crippen LogP contribution < -0.4 is 4.90 Å². The molecule has 6 heterocycles. The molecule has 4 aliphatic rings. The van der Waals surface area contributed by atoms with Crippen LogP contribution in [-0.4, -0.2) is 115 Å². The third-order valence-electron chi connectivity index (χ3n) is 11.5. The summed E-state index contributed by atoms with van der Waals surface area (Å²) in [6.07, 6.45) is 7.16. The van der Waals surface area contributed by atoms with Gasteiger partial charge in [-0.1, -0.05) is 42.8 Å². The molecule has 4 saturated heterocycles. The molecule has 7 rings (SSSR count). The van der Waals surface area contributed by atoms with Gasteiger partial charge in [-0.3, -0.25) is 4.90 Å². The largest absolute Gasteiger partial charge is 0.378 e. The fraction of sp³-hybridized carbons (Fsp3) is 0.730. The molecule has 3 aromatic rings. The second-order valence-electron chi connectivity index (χ2n) is 16.9. The molecule has 0 amide bonds. The summed E-state index contributed by atoms with van der Waals surface area (Å²) in [7, 11) is -1.23. The number of fused-ring (bicyclic) bond motifs is 1. The van der Waals surface area contributed by atoms with E-state index in [0.717, 1.165) is 137 Å². The van der Waals surface area contributed by atoms with Crippen LogP contribution in [0, 0.1) is 12.8 Å². The smallest absolute Gasteiger partial charge is 0.159 e. The van der Waals surface area contributed by atoms with E-state index in [-0.39, 0.29) is 11.8 Å². The minimum atomic E-state index is -1.23. The van der Waals surface area contributed by atoms with E-state index in [1.165, 1.54) is 0 Å². The first-order valence-electron chi connectivity index (χ1n) is 18.8. The number of hydrogen-bond donors (Lipinski definition) is 0. The fourth-order valence-electron chi connectivity index (χ4n) is 8.38. The molecule has 4 fully saturated rings. The van der Waals surface area contributed by atoms with Gasteiger partial charge in [0.2, 0.25) is 0 Å². The van der Waals surface area contributed by atoms with Gasteiger partial charge < -0.3 is 24.0 Å². The summed E-state index contributed by atoms with van der Waals surface area (Å²) in [4.78, 5) is 7.83. The van der Waals surface area contributed by atoms with E-state index in [0.29, 0.717) is 28.7 Å². The molecule has 0 radical (unpaired) electrons. The van der Waals surface area contributed by atoms with Crippen LogP contribution in [0.4, 0.5) is 5.82 Å². The van der Waals surface area contributed by atoms with Gasteiger partial charge in [-0.05, 0) is 70.9 Å². The number of rotatable bonds is 11. The van der Waals surface area contributed by atoms with E-state index < -0.39 is 8.07 Å². The fourth-order valence-corrected chi connectivity index (χ4v) is 9.58. The van der Waals surface area contributed by atoms with Crippen LogP contribution in [-0.2, 0) is 20.9 Å². The standard InChI is InChI=1S/C37H57Cl2N7O3Si/c1-26-33(34-29-21-40-46(32-9-7-8-16-49-32)31(29)19-30(38)35(34)39)36(41-45(26)25-47-17-18-50(4,5)6)44-11-10-27(20-37(44,2)3)22-42-12-14-43(15-13-42)28-23-48-24-28/h19,21,27-28,32H,7-18,20,22-25H2,1-6H3. The maximum atomic E-state index is 7.22. The lowest BCUT2D eigenvalue weighted by atomic mass is 9.81. The minimum Gasteiger partial charge on any atom is -0.378 e. The Kier molecular flexibility index (Phi) is 11.0. The van der Waals surface area contributed by atoms with Crippen molar-refractivity contribution in [3.8, 4) is 11.1 Å². The van der Waals surface area contributed by atoms with Gasteiger partial charge in [0, 0.05) is 88.3 Å². The molecule has 4 aliphatic heterocycles. The third kappa shape index (κ3) is 7.67. The van der Waals surface area contributed by atoms with E-state index >= 15 is 0 Å². The highest BCUT2D eigenvalue weighted by Gasteiger charge is 2.40. The van der Waals surface area contributed by atoms with Crippen molar-refractivity contribution in [2.75, 3.05) is 70.6 Å². The number of aromatic nitrogens is 4. The van der Waals surface area contributed by atoms with Gasteiger partial charge in [-0.15, -0.1) is 0 Å². The zero-order valence-corrected chi connectivity index (χ0v) is 33.5. The second kappa shape index (κ2) is 15.0. The van der Waals surface area contributed by atoms with Crippen LogP contribution in [0.1, 0.15) is 57.9 Å². The third-order valence-corrected chi connectivity index (χ3v) is 14.0. The lowest BCUT2D eigenvalue weighted by Gasteiger charge is -2.48. The van der Waals surface area contributed by atoms with E-state index in [1.807, 2.05) is 21.6 Å². The second-order valence-corrected chi connectivity index (χ2v) is 23.3. The van der Waals surface area contributed by atoms with Crippen molar-refractivity contribution in [3.05, 3.63) is 28.0 Å². The Hall–Kier alpha value is -1.70. The molecular weight excluding hydrogens is 689 g/mol. The lowest BCUT2D eigenvalue weighted by molar-refractivity contribution is -0.0779. The van der Waals surface area contributed by atoms with Crippen LogP contribution in [0.5, 0.6) is 0 Å². The highest BCUT2D eigenvalue weighted by molar-refractivity contribution is 6.76. The van der Waals surface area contributed by atoms with E-state index in [1.54, 1.807) is 0 Å². The monoisotopic (exact) mass is 745 g/mol. The number of anilines is 1. The summed E-state index contributed by atoms with van der Waals surface area (Å²) < 4.78 is 21.9. The Bertz CT molecular complexity index is 1640. The summed E-state index contributed by atoms with van der Waals surface area (Å²) in [5, 5.41) is 12.2. The van der Waals surface area contributed by atoms with Crippen molar-refractivity contribution in [2.24, 2.45) is 5.92 Å². The Balaban J connectivity index is 1.19. The molecule has 0 saturated carbocycles. The molecule has 0 bridgehead atoms. The molecule has 276 valence electrons. The Labute approximate surface area is 309 Å². The van der Waals surface area contributed by atoms with Gasteiger partial charge in [-0.25, -0.2) is 9.36 Å². The van der Waals surface area contributed by atoms with E-state index in [2.05, 4.69) is 55.1 Å². The summed E-state index contributed by atoms with van der Waals surface area (Å²) in [5.74, 6) is 1.58. The zero-order chi connectivity index (χ0) is 35.2. The highest BCUT2D eigenvalue weighted by Crippen LogP contribution is 2.48. The SMILES string of the molecule is Cc1c(-c2c(Cl)c(Cl)cc3c2cnn3C2CCCCO2)c(N2CCC(CN3CCN(C4COC4)CC3)CC2(C)C)nn1COCC[Si](C)(C)C. The predicted octanol–water partition coefficient (Wildman–Crippen LogP) is 7.54. The van der Waals surface area contributed by atoms with Crippen molar-refractivity contribution in [2.45, 2.75) is 103 Å². The van der Waals surface area contributed by atoms with Gasteiger partial charge in [0.25, 0.3) is 0 Å². The number of piperazine rings is 1. The molecule has 2 aromatic heterocycles. The topological polar surface area (TPSA) is 73.0 Å². The lowest BCUT2D eigenvalue weighted by Crippen LogP contribution is -2.58. The van der Waals surface area contributed by atoms with Crippen LogP contribution >= 0.6 is 23.2 Å². The minimum absolute atomic E-state index is 0.109. The molecule has 0 spiro atoms. The van der Waals surface area contributed by atoms with E-state index in [9.17, 15) is 0 Å². The van der Waals surface area contributed by atoms with Gasteiger partial charge >= 0.3 is 0 Å². The van der Waals surface area contributed by atoms with Crippen LogP contribution in [0.3, 0.4) is 0 Å². The summed E-state index contributed by atoms with van der Waals surface area (Å²) in [6.45, 7) is 24.4. The quantitative estimate of drug-likeness (QED) is 0.147.